The number of likely N-dealkylation sites (tertiary alicyclic amines) is 1. The number of fused-ring (bicyclic) bond motifs is 1. The summed E-state index contributed by atoms with van der Waals surface area (Å²) in [5.41, 5.74) is 1.13. The van der Waals surface area contributed by atoms with Crippen LogP contribution in [0, 0.1) is 5.82 Å². The summed E-state index contributed by atoms with van der Waals surface area (Å²) in [4.78, 5) is 19.0. The van der Waals surface area contributed by atoms with Crippen molar-refractivity contribution in [2.45, 2.75) is 18.8 Å². The van der Waals surface area contributed by atoms with Gasteiger partial charge < -0.3 is 9.32 Å². The molecule has 0 aliphatic carbocycles. The predicted molar refractivity (Wildman–Crippen MR) is 109 cm³/mol. The number of benzene rings is 2. The van der Waals surface area contributed by atoms with Crippen LogP contribution in [0.5, 0.6) is 0 Å². The van der Waals surface area contributed by atoms with Crippen molar-refractivity contribution in [1.82, 2.24) is 20.1 Å². The Morgan fingerprint density at radius 1 is 1.07 bits per heavy atom. The number of amides is 1. The molecule has 1 fully saturated rings. The predicted octanol–water partition coefficient (Wildman–Crippen LogP) is 4.44. The molecule has 1 amide bonds. The number of hydrogen-bond donors (Lipinski definition) is 0. The van der Waals surface area contributed by atoms with Crippen molar-refractivity contribution in [2.24, 2.45) is 0 Å². The Kier molecular flexibility index (Phi) is 4.71. The summed E-state index contributed by atoms with van der Waals surface area (Å²) in [5.74, 6) is 0.373. The molecule has 4 aromatic rings. The fourth-order valence-corrected chi connectivity index (χ4v) is 3.92. The maximum Gasteiger partial charge on any atom is 0.266 e. The molecule has 1 atom stereocenters. The Morgan fingerprint density at radius 2 is 1.90 bits per heavy atom. The van der Waals surface area contributed by atoms with E-state index in [1.807, 2.05) is 30.3 Å². The number of carbonyl (C=O) groups is 1. The van der Waals surface area contributed by atoms with Gasteiger partial charge in [-0.1, -0.05) is 24.3 Å². The Labute approximate surface area is 172 Å². The Hall–Kier alpha value is -3.61. The van der Waals surface area contributed by atoms with Crippen LogP contribution < -0.4 is 0 Å². The molecular weight excluding hydrogens is 383 g/mol. The van der Waals surface area contributed by atoms with Crippen LogP contribution in [-0.2, 0) is 0 Å². The molecule has 7 heteroatoms. The Balaban J connectivity index is 1.38. The minimum atomic E-state index is -0.358. The van der Waals surface area contributed by atoms with Gasteiger partial charge in [-0.2, -0.15) is 0 Å². The molecule has 0 bridgehead atoms. The minimum absolute atomic E-state index is 0.0422. The standard InChI is InChI=1S/C23H19FN4O2/c24-18-9-7-16(8-10-18)23(29)28-13-3-5-17(14-28)21-26-27-22(30-21)20-19-6-2-1-4-15(19)11-12-25-20/h1-2,4,6-12,17H,3,5,13-14H2. The fraction of sp³-hybridized carbons (Fsp3) is 0.217. The summed E-state index contributed by atoms with van der Waals surface area (Å²) in [5, 5.41) is 10.5. The highest BCUT2D eigenvalue weighted by molar-refractivity contribution is 5.94. The van der Waals surface area contributed by atoms with Crippen LogP contribution in [0.15, 0.2) is 65.2 Å². The average Bonchev–Trinajstić information content (AvgIpc) is 3.29. The molecule has 0 N–H and O–H groups in total. The quantitative estimate of drug-likeness (QED) is 0.506. The molecule has 5 rings (SSSR count). The third-order valence-electron chi connectivity index (χ3n) is 5.47. The molecule has 0 saturated carbocycles. The summed E-state index contributed by atoms with van der Waals surface area (Å²) in [6, 6.07) is 15.5. The lowest BCUT2D eigenvalue weighted by molar-refractivity contribution is 0.0698. The van der Waals surface area contributed by atoms with Gasteiger partial charge in [-0.25, -0.2) is 4.39 Å². The smallest absolute Gasteiger partial charge is 0.266 e. The molecule has 1 saturated heterocycles. The number of nitrogens with zero attached hydrogens (tertiary/aromatic N) is 4. The van der Waals surface area contributed by atoms with Gasteiger partial charge in [0.1, 0.15) is 11.5 Å². The van der Waals surface area contributed by atoms with Crippen molar-refractivity contribution in [3.05, 3.63) is 78.1 Å². The van der Waals surface area contributed by atoms with Gasteiger partial charge in [0.2, 0.25) is 5.89 Å². The molecule has 150 valence electrons. The van der Waals surface area contributed by atoms with Crippen molar-refractivity contribution in [3.8, 4) is 11.6 Å². The number of hydrogen-bond acceptors (Lipinski definition) is 5. The molecule has 1 unspecified atom stereocenters. The first-order valence-electron chi connectivity index (χ1n) is 9.91. The van der Waals surface area contributed by atoms with E-state index in [0.29, 0.717) is 36.1 Å². The van der Waals surface area contributed by atoms with E-state index in [1.54, 1.807) is 11.1 Å². The number of pyridine rings is 1. The summed E-state index contributed by atoms with van der Waals surface area (Å²) < 4.78 is 19.2. The largest absolute Gasteiger partial charge is 0.419 e. The molecule has 0 spiro atoms. The number of aromatic nitrogens is 3. The first-order chi connectivity index (χ1) is 14.7. The van der Waals surface area contributed by atoms with E-state index >= 15 is 0 Å². The molecule has 1 aliphatic heterocycles. The number of carbonyl (C=O) groups excluding carboxylic acids is 1. The van der Waals surface area contributed by atoms with Gasteiger partial charge in [0.25, 0.3) is 11.8 Å². The van der Waals surface area contributed by atoms with E-state index in [-0.39, 0.29) is 17.6 Å². The monoisotopic (exact) mass is 402 g/mol. The lowest BCUT2D eigenvalue weighted by Gasteiger charge is -2.31. The lowest BCUT2D eigenvalue weighted by atomic mass is 9.97. The molecule has 2 aromatic carbocycles. The van der Waals surface area contributed by atoms with Gasteiger partial charge in [-0.05, 0) is 48.6 Å². The minimum Gasteiger partial charge on any atom is -0.419 e. The maximum absolute atomic E-state index is 13.2. The van der Waals surface area contributed by atoms with Crippen molar-refractivity contribution < 1.29 is 13.6 Å². The van der Waals surface area contributed by atoms with E-state index in [0.717, 1.165) is 23.6 Å². The van der Waals surface area contributed by atoms with Crippen LogP contribution in [-0.4, -0.2) is 39.1 Å². The summed E-state index contributed by atoms with van der Waals surface area (Å²) in [7, 11) is 0. The number of halogens is 1. The highest BCUT2D eigenvalue weighted by Gasteiger charge is 2.29. The average molecular weight is 402 g/mol. The molecule has 1 aliphatic rings. The van der Waals surface area contributed by atoms with Crippen LogP contribution in [0.1, 0.15) is 35.0 Å². The van der Waals surface area contributed by atoms with Crippen LogP contribution in [0.25, 0.3) is 22.4 Å². The van der Waals surface area contributed by atoms with Gasteiger partial charge >= 0.3 is 0 Å². The normalized spacial score (nSPS) is 16.7. The topological polar surface area (TPSA) is 72.1 Å². The van der Waals surface area contributed by atoms with E-state index in [1.165, 1.54) is 24.3 Å². The third kappa shape index (κ3) is 3.43. The molecule has 0 radical (unpaired) electrons. The van der Waals surface area contributed by atoms with Gasteiger partial charge in [-0.15, -0.1) is 10.2 Å². The molecule has 2 aromatic heterocycles. The summed E-state index contributed by atoms with van der Waals surface area (Å²) in [6.07, 6.45) is 3.42. The number of rotatable bonds is 3. The van der Waals surface area contributed by atoms with Crippen molar-refractivity contribution in [2.75, 3.05) is 13.1 Å². The zero-order valence-electron chi connectivity index (χ0n) is 16.2. The first kappa shape index (κ1) is 18.4. The van der Waals surface area contributed by atoms with E-state index in [2.05, 4.69) is 15.2 Å². The van der Waals surface area contributed by atoms with Crippen LogP contribution >= 0.6 is 0 Å². The zero-order chi connectivity index (χ0) is 20.5. The first-order valence-corrected chi connectivity index (χ1v) is 9.91. The molecule has 3 heterocycles. The van der Waals surface area contributed by atoms with Crippen molar-refractivity contribution in [3.63, 3.8) is 0 Å². The number of piperidine rings is 1. The highest BCUT2D eigenvalue weighted by atomic mass is 19.1. The van der Waals surface area contributed by atoms with Crippen LogP contribution in [0.3, 0.4) is 0 Å². The third-order valence-corrected chi connectivity index (χ3v) is 5.47. The SMILES string of the molecule is O=C(c1ccc(F)cc1)N1CCCC(c2nnc(-c3nccc4ccccc34)o2)C1. The van der Waals surface area contributed by atoms with Gasteiger partial charge in [0.05, 0.1) is 5.92 Å². The molecule has 6 nitrogen and oxygen atoms in total. The van der Waals surface area contributed by atoms with E-state index in [4.69, 9.17) is 4.42 Å². The zero-order valence-corrected chi connectivity index (χ0v) is 16.2. The highest BCUT2D eigenvalue weighted by Crippen LogP contribution is 2.31. The second-order valence-electron chi connectivity index (χ2n) is 7.42. The second-order valence-corrected chi connectivity index (χ2v) is 7.42. The van der Waals surface area contributed by atoms with Crippen molar-refractivity contribution >= 4 is 16.7 Å². The van der Waals surface area contributed by atoms with E-state index < -0.39 is 0 Å². The van der Waals surface area contributed by atoms with E-state index in [9.17, 15) is 9.18 Å². The Morgan fingerprint density at radius 3 is 2.77 bits per heavy atom. The molecule has 30 heavy (non-hydrogen) atoms. The molecular formula is C23H19FN4O2. The van der Waals surface area contributed by atoms with Gasteiger partial charge in [0.15, 0.2) is 0 Å². The fourth-order valence-electron chi connectivity index (χ4n) is 3.92. The summed E-state index contributed by atoms with van der Waals surface area (Å²) >= 11 is 0. The van der Waals surface area contributed by atoms with Crippen LogP contribution in [0.2, 0.25) is 0 Å². The lowest BCUT2D eigenvalue weighted by Crippen LogP contribution is -2.39. The second kappa shape index (κ2) is 7.67. The van der Waals surface area contributed by atoms with Crippen molar-refractivity contribution in [1.29, 1.82) is 0 Å². The van der Waals surface area contributed by atoms with Gasteiger partial charge in [-0.3, -0.25) is 9.78 Å². The van der Waals surface area contributed by atoms with Gasteiger partial charge in [0, 0.05) is 30.2 Å². The maximum atomic E-state index is 13.2. The summed E-state index contributed by atoms with van der Waals surface area (Å²) in [6.45, 7) is 1.14. The van der Waals surface area contributed by atoms with Crippen LogP contribution in [0.4, 0.5) is 4.39 Å². The Bertz CT molecular complexity index is 1200.